The summed E-state index contributed by atoms with van der Waals surface area (Å²) in [5.41, 5.74) is 5.87. The van der Waals surface area contributed by atoms with Crippen LogP contribution in [0.4, 0.5) is 5.69 Å². The van der Waals surface area contributed by atoms with Crippen molar-refractivity contribution in [3.8, 4) is 5.75 Å². The molecule has 6 heteroatoms. The number of nitrogens with two attached hydrogens (primary N) is 1. The molecule has 17 heavy (non-hydrogen) atoms. The summed E-state index contributed by atoms with van der Waals surface area (Å²) in [7, 11) is 1.36. The second kappa shape index (κ2) is 5.31. The van der Waals surface area contributed by atoms with Crippen molar-refractivity contribution in [2.24, 2.45) is 5.73 Å². The second-order valence-corrected chi connectivity index (χ2v) is 3.50. The van der Waals surface area contributed by atoms with Gasteiger partial charge in [0.2, 0.25) is 5.91 Å². The third-order valence-corrected chi connectivity index (χ3v) is 2.11. The van der Waals surface area contributed by atoms with Crippen LogP contribution in [0.2, 0.25) is 0 Å². The number of benzene rings is 1. The lowest BCUT2D eigenvalue weighted by molar-refractivity contribution is -0.117. The van der Waals surface area contributed by atoms with Crippen LogP contribution in [-0.4, -0.2) is 30.1 Å². The summed E-state index contributed by atoms with van der Waals surface area (Å²) in [4.78, 5) is 22.2. The number of rotatable bonds is 4. The smallest absolute Gasteiger partial charge is 0.339 e. The first-order chi connectivity index (χ1) is 7.95. The number of carbonyl (C=O) groups is 2. The molecule has 1 atom stereocenters. The van der Waals surface area contributed by atoms with E-state index in [1.165, 1.54) is 25.3 Å². The molecule has 1 amide bonds. The second-order valence-electron chi connectivity index (χ2n) is 3.50. The van der Waals surface area contributed by atoms with Gasteiger partial charge in [0, 0.05) is 11.8 Å². The Morgan fingerprint density at radius 1 is 1.47 bits per heavy atom. The molecule has 1 rings (SSSR count). The van der Waals surface area contributed by atoms with Crippen LogP contribution in [0.3, 0.4) is 0 Å². The van der Waals surface area contributed by atoms with Gasteiger partial charge in [-0.1, -0.05) is 0 Å². The number of anilines is 1. The molecule has 0 aliphatic carbocycles. The largest absolute Gasteiger partial charge is 0.496 e. The highest BCUT2D eigenvalue weighted by Crippen LogP contribution is 2.23. The number of hydrogen-bond acceptors (Lipinski definition) is 4. The molecule has 0 aliphatic rings. The van der Waals surface area contributed by atoms with Crippen molar-refractivity contribution in [2.75, 3.05) is 12.4 Å². The Kier molecular flexibility index (Phi) is 4.06. The van der Waals surface area contributed by atoms with E-state index < -0.39 is 12.0 Å². The number of carboxylic acid groups (broad SMARTS) is 1. The Balaban J connectivity index is 2.98. The lowest BCUT2D eigenvalue weighted by atomic mass is 10.1. The van der Waals surface area contributed by atoms with Crippen LogP contribution in [0.15, 0.2) is 18.2 Å². The first-order valence-electron chi connectivity index (χ1n) is 4.93. The summed E-state index contributed by atoms with van der Waals surface area (Å²) >= 11 is 0. The van der Waals surface area contributed by atoms with E-state index in [4.69, 9.17) is 15.6 Å². The molecule has 1 aromatic rings. The maximum atomic E-state index is 11.3. The zero-order chi connectivity index (χ0) is 13.0. The maximum Gasteiger partial charge on any atom is 0.339 e. The number of carboxylic acids is 1. The zero-order valence-corrected chi connectivity index (χ0v) is 9.56. The van der Waals surface area contributed by atoms with Crippen LogP contribution < -0.4 is 15.8 Å². The van der Waals surface area contributed by atoms with E-state index in [9.17, 15) is 9.59 Å². The number of ether oxygens (including phenoxy) is 1. The molecule has 1 aromatic carbocycles. The molecule has 0 aromatic heterocycles. The first kappa shape index (κ1) is 13.0. The van der Waals surface area contributed by atoms with E-state index in [0.717, 1.165) is 0 Å². The Morgan fingerprint density at radius 3 is 2.59 bits per heavy atom. The molecule has 0 unspecified atom stereocenters. The van der Waals surface area contributed by atoms with Gasteiger partial charge in [-0.15, -0.1) is 0 Å². The van der Waals surface area contributed by atoms with Crippen molar-refractivity contribution in [1.82, 2.24) is 0 Å². The maximum absolute atomic E-state index is 11.3. The minimum Gasteiger partial charge on any atom is -0.496 e. The van der Waals surface area contributed by atoms with E-state index in [0.29, 0.717) is 5.69 Å². The fraction of sp³-hybridized carbons (Fsp3) is 0.273. The normalized spacial score (nSPS) is 11.7. The van der Waals surface area contributed by atoms with E-state index in [1.807, 2.05) is 0 Å². The van der Waals surface area contributed by atoms with E-state index in [2.05, 4.69) is 5.32 Å². The molecule has 0 aliphatic heterocycles. The molecule has 0 fully saturated rings. The van der Waals surface area contributed by atoms with Crippen molar-refractivity contribution in [2.45, 2.75) is 13.0 Å². The SMILES string of the molecule is COc1cc(NC(=O)[C@H](C)N)ccc1C(=O)O. The summed E-state index contributed by atoms with van der Waals surface area (Å²) in [5.74, 6) is -1.26. The van der Waals surface area contributed by atoms with Crippen LogP contribution >= 0.6 is 0 Å². The minimum absolute atomic E-state index is 0.0336. The fourth-order valence-electron chi connectivity index (χ4n) is 1.20. The van der Waals surface area contributed by atoms with Gasteiger partial charge < -0.3 is 20.9 Å². The van der Waals surface area contributed by atoms with Gasteiger partial charge in [0.25, 0.3) is 0 Å². The lowest BCUT2D eigenvalue weighted by Crippen LogP contribution is -2.32. The number of hydrogen-bond donors (Lipinski definition) is 3. The predicted octanol–water partition coefficient (Wildman–Crippen LogP) is 0.679. The summed E-state index contributed by atoms with van der Waals surface area (Å²) in [6, 6.07) is 3.63. The van der Waals surface area contributed by atoms with Crippen molar-refractivity contribution >= 4 is 17.6 Å². The van der Waals surface area contributed by atoms with Gasteiger partial charge in [-0.2, -0.15) is 0 Å². The molecule has 4 N–H and O–H groups in total. The van der Waals surface area contributed by atoms with Gasteiger partial charge in [0.05, 0.1) is 13.2 Å². The van der Waals surface area contributed by atoms with Crippen molar-refractivity contribution in [1.29, 1.82) is 0 Å². The van der Waals surface area contributed by atoms with Gasteiger partial charge in [-0.3, -0.25) is 4.79 Å². The third kappa shape index (κ3) is 3.18. The number of amides is 1. The van der Waals surface area contributed by atoms with Gasteiger partial charge >= 0.3 is 5.97 Å². The van der Waals surface area contributed by atoms with Crippen molar-refractivity contribution in [3.05, 3.63) is 23.8 Å². The van der Waals surface area contributed by atoms with E-state index >= 15 is 0 Å². The number of carbonyl (C=O) groups excluding carboxylic acids is 1. The van der Waals surface area contributed by atoms with Crippen molar-refractivity contribution in [3.63, 3.8) is 0 Å². The summed E-state index contributed by atoms with van der Waals surface area (Å²) in [6.45, 7) is 1.55. The predicted molar refractivity (Wildman–Crippen MR) is 62.2 cm³/mol. The van der Waals surface area contributed by atoms with Gasteiger partial charge in [0.15, 0.2) is 0 Å². The highest BCUT2D eigenvalue weighted by molar-refractivity contribution is 5.96. The van der Waals surface area contributed by atoms with Crippen molar-refractivity contribution < 1.29 is 19.4 Å². The molecule has 0 heterocycles. The van der Waals surface area contributed by atoms with Gasteiger partial charge in [0.1, 0.15) is 11.3 Å². The van der Waals surface area contributed by atoms with E-state index in [-0.39, 0.29) is 17.2 Å². The molecular formula is C11H14N2O4. The number of aromatic carboxylic acids is 1. The molecule has 0 saturated carbocycles. The fourth-order valence-corrected chi connectivity index (χ4v) is 1.20. The molecular weight excluding hydrogens is 224 g/mol. The third-order valence-electron chi connectivity index (χ3n) is 2.11. The Bertz CT molecular complexity index is 443. The average Bonchev–Trinajstić information content (AvgIpc) is 2.28. The highest BCUT2D eigenvalue weighted by atomic mass is 16.5. The standard InChI is InChI=1S/C11H14N2O4/c1-6(12)10(14)13-7-3-4-8(11(15)16)9(5-7)17-2/h3-6H,12H2,1-2H3,(H,13,14)(H,15,16)/t6-/m0/s1. The number of nitrogens with one attached hydrogen (secondary N) is 1. The Hall–Kier alpha value is -2.08. The zero-order valence-electron chi connectivity index (χ0n) is 9.56. The highest BCUT2D eigenvalue weighted by Gasteiger charge is 2.13. The average molecular weight is 238 g/mol. The summed E-state index contributed by atoms with van der Waals surface area (Å²) in [5, 5.41) is 11.4. The van der Waals surface area contributed by atoms with E-state index in [1.54, 1.807) is 6.92 Å². The van der Waals surface area contributed by atoms with Gasteiger partial charge in [-0.05, 0) is 19.1 Å². The summed E-state index contributed by atoms with van der Waals surface area (Å²) in [6.07, 6.45) is 0. The molecule has 0 spiro atoms. The molecule has 0 bridgehead atoms. The molecule has 0 radical (unpaired) electrons. The van der Waals surface area contributed by atoms with Crippen LogP contribution in [0.25, 0.3) is 0 Å². The molecule has 0 saturated heterocycles. The Morgan fingerprint density at radius 2 is 2.12 bits per heavy atom. The van der Waals surface area contributed by atoms with Crippen LogP contribution in [0.1, 0.15) is 17.3 Å². The first-order valence-corrected chi connectivity index (χ1v) is 4.93. The topological polar surface area (TPSA) is 102 Å². The minimum atomic E-state index is -1.09. The quantitative estimate of drug-likeness (QED) is 0.715. The monoisotopic (exact) mass is 238 g/mol. The number of methoxy groups -OCH3 is 1. The Labute approximate surface area is 98.4 Å². The molecule has 92 valence electrons. The molecule has 6 nitrogen and oxygen atoms in total. The van der Waals surface area contributed by atoms with Crippen LogP contribution in [0, 0.1) is 0 Å². The van der Waals surface area contributed by atoms with Crippen LogP contribution in [0.5, 0.6) is 5.75 Å². The lowest BCUT2D eigenvalue weighted by Gasteiger charge is -2.10. The van der Waals surface area contributed by atoms with Crippen LogP contribution in [-0.2, 0) is 4.79 Å². The van der Waals surface area contributed by atoms with Gasteiger partial charge in [-0.25, -0.2) is 4.79 Å². The summed E-state index contributed by atoms with van der Waals surface area (Å²) < 4.78 is 4.93.